The van der Waals surface area contributed by atoms with E-state index in [0.29, 0.717) is 13.2 Å². The van der Waals surface area contributed by atoms with E-state index in [4.69, 9.17) is 10.5 Å². The lowest BCUT2D eigenvalue weighted by Gasteiger charge is -2.20. The molecule has 0 aliphatic carbocycles. The Balaban J connectivity index is 2.59. The van der Waals surface area contributed by atoms with Crippen LogP contribution >= 0.6 is 0 Å². The van der Waals surface area contributed by atoms with Crippen molar-refractivity contribution in [3.05, 3.63) is 6.33 Å². The minimum atomic E-state index is -0.414. The third-order valence-corrected chi connectivity index (χ3v) is 2.32. The van der Waals surface area contributed by atoms with Crippen molar-refractivity contribution in [2.45, 2.75) is 26.8 Å². The number of esters is 1. The SMILES string of the molecule is CCCN(CC(=O)OCC)C(=O)Cn1cnc(N)n1. The number of nitrogens with zero attached hydrogens (tertiary/aromatic N) is 4. The van der Waals surface area contributed by atoms with Gasteiger partial charge in [0.2, 0.25) is 11.9 Å². The van der Waals surface area contributed by atoms with E-state index in [-0.39, 0.29) is 24.9 Å². The summed E-state index contributed by atoms with van der Waals surface area (Å²) in [4.78, 5) is 28.6. The van der Waals surface area contributed by atoms with Crippen molar-refractivity contribution in [2.24, 2.45) is 0 Å². The highest BCUT2D eigenvalue weighted by Crippen LogP contribution is 1.98. The molecule has 0 fully saturated rings. The Labute approximate surface area is 111 Å². The molecule has 1 aromatic heterocycles. The minimum absolute atomic E-state index is 0.00358. The maximum absolute atomic E-state index is 12.0. The van der Waals surface area contributed by atoms with Crippen molar-refractivity contribution in [2.75, 3.05) is 25.4 Å². The van der Waals surface area contributed by atoms with Crippen LogP contribution in [0.25, 0.3) is 0 Å². The van der Waals surface area contributed by atoms with Gasteiger partial charge in [0.1, 0.15) is 19.4 Å². The van der Waals surface area contributed by atoms with Gasteiger partial charge in [-0.3, -0.25) is 9.59 Å². The third-order valence-electron chi connectivity index (χ3n) is 2.32. The van der Waals surface area contributed by atoms with E-state index in [0.717, 1.165) is 6.42 Å². The minimum Gasteiger partial charge on any atom is -0.465 e. The largest absolute Gasteiger partial charge is 0.465 e. The number of ether oxygens (including phenoxy) is 1. The molecular weight excluding hydrogens is 250 g/mol. The predicted octanol–water partition coefficient (Wildman–Crippen LogP) is -0.338. The number of anilines is 1. The third kappa shape index (κ3) is 4.94. The van der Waals surface area contributed by atoms with Gasteiger partial charge in [-0.2, -0.15) is 0 Å². The van der Waals surface area contributed by atoms with Crippen LogP contribution < -0.4 is 5.73 Å². The van der Waals surface area contributed by atoms with Gasteiger partial charge in [0.25, 0.3) is 0 Å². The van der Waals surface area contributed by atoms with Gasteiger partial charge in [0, 0.05) is 6.54 Å². The van der Waals surface area contributed by atoms with Gasteiger partial charge in [0.15, 0.2) is 0 Å². The van der Waals surface area contributed by atoms with Gasteiger partial charge >= 0.3 is 5.97 Å². The number of rotatable bonds is 7. The van der Waals surface area contributed by atoms with Crippen LogP contribution in [0.5, 0.6) is 0 Å². The van der Waals surface area contributed by atoms with Crippen molar-refractivity contribution in [1.29, 1.82) is 0 Å². The molecule has 0 atom stereocenters. The molecule has 106 valence electrons. The van der Waals surface area contributed by atoms with Crippen molar-refractivity contribution in [3.8, 4) is 0 Å². The second-order valence-corrected chi connectivity index (χ2v) is 3.92. The fourth-order valence-corrected chi connectivity index (χ4v) is 1.55. The van der Waals surface area contributed by atoms with Gasteiger partial charge in [-0.05, 0) is 13.3 Å². The van der Waals surface area contributed by atoms with E-state index in [2.05, 4.69) is 10.1 Å². The van der Waals surface area contributed by atoms with Gasteiger partial charge in [-0.25, -0.2) is 9.67 Å². The summed E-state index contributed by atoms with van der Waals surface area (Å²) in [5, 5.41) is 3.83. The highest BCUT2D eigenvalue weighted by Gasteiger charge is 2.17. The summed E-state index contributed by atoms with van der Waals surface area (Å²) in [6, 6.07) is 0. The van der Waals surface area contributed by atoms with Crippen LogP contribution in [0, 0.1) is 0 Å². The fourth-order valence-electron chi connectivity index (χ4n) is 1.55. The van der Waals surface area contributed by atoms with Gasteiger partial charge in [-0.1, -0.05) is 6.92 Å². The standard InChI is InChI=1S/C11H19N5O3/c1-3-5-15(7-10(18)19-4-2)9(17)6-16-8-13-11(12)14-16/h8H,3-7H2,1-2H3,(H2,12,14). The molecular formula is C11H19N5O3. The Kier molecular flexibility index (Phi) is 5.77. The maximum atomic E-state index is 12.0. The van der Waals surface area contributed by atoms with Crippen LogP contribution in [0.4, 0.5) is 5.95 Å². The molecule has 2 N–H and O–H groups in total. The van der Waals surface area contributed by atoms with Crippen LogP contribution in [0.2, 0.25) is 0 Å². The average Bonchev–Trinajstić information content (AvgIpc) is 2.74. The lowest BCUT2D eigenvalue weighted by Crippen LogP contribution is -2.39. The van der Waals surface area contributed by atoms with Gasteiger partial charge < -0.3 is 15.4 Å². The highest BCUT2D eigenvalue weighted by atomic mass is 16.5. The van der Waals surface area contributed by atoms with Crippen LogP contribution in [0.15, 0.2) is 6.33 Å². The number of amides is 1. The number of carbonyl (C=O) groups excluding carboxylic acids is 2. The van der Waals surface area contributed by atoms with Gasteiger partial charge in [0.05, 0.1) is 6.61 Å². The second-order valence-electron chi connectivity index (χ2n) is 3.92. The summed E-state index contributed by atoms with van der Waals surface area (Å²) in [6.45, 7) is 4.39. The first-order valence-electron chi connectivity index (χ1n) is 6.15. The van der Waals surface area contributed by atoms with E-state index < -0.39 is 5.97 Å². The molecule has 0 aromatic carbocycles. The number of carbonyl (C=O) groups is 2. The first-order valence-corrected chi connectivity index (χ1v) is 6.15. The molecule has 0 spiro atoms. The molecule has 8 heteroatoms. The van der Waals surface area contributed by atoms with Crippen molar-refractivity contribution in [1.82, 2.24) is 19.7 Å². The average molecular weight is 269 g/mol. The highest BCUT2D eigenvalue weighted by molar-refractivity contribution is 5.81. The van der Waals surface area contributed by atoms with Crippen LogP contribution in [-0.2, 0) is 20.9 Å². The Bertz CT molecular complexity index is 432. The summed E-state index contributed by atoms with van der Waals surface area (Å²) in [6.07, 6.45) is 2.13. The fraction of sp³-hybridized carbons (Fsp3) is 0.636. The lowest BCUT2D eigenvalue weighted by atomic mass is 10.3. The van der Waals surface area contributed by atoms with Crippen molar-refractivity contribution >= 4 is 17.8 Å². The summed E-state index contributed by atoms with van der Waals surface area (Å²) in [5.41, 5.74) is 5.37. The van der Waals surface area contributed by atoms with E-state index >= 15 is 0 Å². The molecule has 0 aliphatic rings. The predicted molar refractivity (Wildman–Crippen MR) is 67.9 cm³/mol. The number of nitrogens with two attached hydrogens (primary N) is 1. The molecule has 0 saturated carbocycles. The van der Waals surface area contributed by atoms with Crippen LogP contribution in [0.3, 0.4) is 0 Å². The van der Waals surface area contributed by atoms with Gasteiger partial charge in [-0.15, -0.1) is 5.10 Å². The van der Waals surface area contributed by atoms with E-state index in [1.165, 1.54) is 15.9 Å². The first kappa shape index (κ1) is 14.9. The molecule has 1 amide bonds. The second kappa shape index (κ2) is 7.34. The first-order chi connectivity index (χ1) is 9.06. The zero-order chi connectivity index (χ0) is 14.3. The zero-order valence-electron chi connectivity index (χ0n) is 11.2. The summed E-state index contributed by atoms with van der Waals surface area (Å²) in [5.74, 6) is -0.526. The topological polar surface area (TPSA) is 103 Å². The van der Waals surface area contributed by atoms with Crippen LogP contribution in [-0.4, -0.2) is 51.2 Å². The van der Waals surface area contributed by atoms with E-state index in [1.54, 1.807) is 6.92 Å². The van der Waals surface area contributed by atoms with Crippen molar-refractivity contribution in [3.63, 3.8) is 0 Å². The molecule has 0 bridgehead atoms. The maximum Gasteiger partial charge on any atom is 0.325 e. The Morgan fingerprint density at radius 1 is 1.47 bits per heavy atom. The normalized spacial score (nSPS) is 10.2. The lowest BCUT2D eigenvalue weighted by molar-refractivity contribution is -0.149. The summed E-state index contributed by atoms with van der Waals surface area (Å²) in [7, 11) is 0. The number of hydrogen-bond acceptors (Lipinski definition) is 6. The molecule has 8 nitrogen and oxygen atoms in total. The Morgan fingerprint density at radius 3 is 2.74 bits per heavy atom. The monoisotopic (exact) mass is 269 g/mol. The smallest absolute Gasteiger partial charge is 0.325 e. The zero-order valence-corrected chi connectivity index (χ0v) is 11.2. The number of hydrogen-bond donors (Lipinski definition) is 1. The molecule has 0 aliphatic heterocycles. The summed E-state index contributed by atoms with van der Waals surface area (Å²) >= 11 is 0. The van der Waals surface area contributed by atoms with Crippen LogP contribution in [0.1, 0.15) is 20.3 Å². The number of nitrogen functional groups attached to an aromatic ring is 1. The quantitative estimate of drug-likeness (QED) is 0.679. The van der Waals surface area contributed by atoms with E-state index in [1.807, 2.05) is 6.92 Å². The number of aromatic nitrogens is 3. The molecule has 19 heavy (non-hydrogen) atoms. The Morgan fingerprint density at radius 2 is 2.21 bits per heavy atom. The molecule has 0 radical (unpaired) electrons. The molecule has 1 heterocycles. The molecule has 1 rings (SSSR count). The Hall–Kier alpha value is -2.12. The molecule has 0 saturated heterocycles. The molecule has 1 aromatic rings. The van der Waals surface area contributed by atoms with Crippen molar-refractivity contribution < 1.29 is 14.3 Å². The molecule has 0 unspecified atom stereocenters. The van der Waals surface area contributed by atoms with E-state index in [9.17, 15) is 9.59 Å². The summed E-state index contributed by atoms with van der Waals surface area (Å²) < 4.78 is 6.17.